The van der Waals surface area contributed by atoms with E-state index in [-0.39, 0.29) is 24.0 Å². The third kappa shape index (κ3) is 6.15. The van der Waals surface area contributed by atoms with Gasteiger partial charge >= 0.3 is 0 Å². The van der Waals surface area contributed by atoms with E-state index in [0.717, 1.165) is 11.1 Å². The van der Waals surface area contributed by atoms with Crippen molar-refractivity contribution in [2.45, 2.75) is 12.6 Å². The quantitative estimate of drug-likeness (QED) is 0.572. The number of nitrogens with zero attached hydrogens (tertiary/aromatic N) is 2. The third-order valence-electron chi connectivity index (χ3n) is 5.39. The lowest BCUT2D eigenvalue weighted by Gasteiger charge is -2.33. The van der Waals surface area contributed by atoms with Crippen LogP contribution in [-0.4, -0.2) is 48.8 Å². The predicted octanol–water partition coefficient (Wildman–Crippen LogP) is 3.10. The van der Waals surface area contributed by atoms with E-state index in [2.05, 4.69) is 10.3 Å². The summed E-state index contributed by atoms with van der Waals surface area (Å²) in [6.07, 6.45) is 1.58. The number of carbonyl (C=O) groups is 1. The minimum atomic E-state index is -3.06. The second-order valence-electron chi connectivity index (χ2n) is 7.78. The van der Waals surface area contributed by atoms with E-state index in [4.69, 9.17) is 4.74 Å². The molecule has 1 amide bonds. The van der Waals surface area contributed by atoms with Gasteiger partial charge in [0.15, 0.2) is 9.84 Å². The van der Waals surface area contributed by atoms with Crippen LogP contribution in [-0.2, 0) is 21.2 Å². The Kier molecular flexibility index (Phi) is 7.00. The Morgan fingerprint density at radius 3 is 2.48 bits per heavy atom. The fourth-order valence-corrected chi connectivity index (χ4v) is 4.89. The molecule has 1 unspecified atom stereocenters. The van der Waals surface area contributed by atoms with Gasteiger partial charge in [-0.05, 0) is 23.3 Å². The zero-order chi connectivity index (χ0) is 23.3. The van der Waals surface area contributed by atoms with Gasteiger partial charge in [-0.2, -0.15) is 0 Å². The van der Waals surface area contributed by atoms with Crippen LogP contribution in [0.15, 0.2) is 72.9 Å². The lowest BCUT2D eigenvalue weighted by atomic mass is 10.0. The molecule has 1 aliphatic rings. The number of hydrogen-bond acceptors (Lipinski definition) is 6. The largest absolute Gasteiger partial charge is 0.439 e. The molecule has 9 heteroatoms. The molecule has 0 spiro atoms. The van der Waals surface area contributed by atoms with E-state index in [1.165, 1.54) is 12.1 Å². The molecule has 3 aromatic rings. The predicted molar refractivity (Wildman–Crippen MR) is 122 cm³/mol. The molecule has 1 atom stereocenters. The fraction of sp³-hybridized carbons (Fsp3) is 0.250. The zero-order valence-corrected chi connectivity index (χ0v) is 18.7. The maximum absolute atomic E-state index is 13.3. The van der Waals surface area contributed by atoms with Crippen LogP contribution in [0.4, 0.5) is 4.39 Å². The molecule has 4 rings (SSSR count). The van der Waals surface area contributed by atoms with Crippen molar-refractivity contribution in [2.75, 3.05) is 24.6 Å². The molecule has 1 fully saturated rings. The van der Waals surface area contributed by atoms with Crippen molar-refractivity contribution >= 4 is 15.7 Å². The van der Waals surface area contributed by atoms with E-state index in [1.54, 1.807) is 30.5 Å². The Bertz CT molecular complexity index is 1190. The van der Waals surface area contributed by atoms with Gasteiger partial charge in [-0.15, -0.1) is 0 Å². The standard InChI is InChI=1S/C24H24FN3O4S/c25-20-7-4-8-21(15-20)32-22-10-9-18(16-26-22)17-27-24(29)23(19-5-2-1-3-6-19)28-11-13-33(30,31)14-12-28/h1-10,15-16,23H,11-14,17H2,(H,27,29). The maximum atomic E-state index is 13.3. The lowest BCUT2D eigenvalue weighted by Crippen LogP contribution is -2.47. The van der Waals surface area contributed by atoms with Crippen LogP contribution in [0.3, 0.4) is 0 Å². The highest BCUT2D eigenvalue weighted by molar-refractivity contribution is 7.91. The van der Waals surface area contributed by atoms with Crippen molar-refractivity contribution in [3.63, 3.8) is 0 Å². The molecule has 1 N–H and O–H groups in total. The number of rotatable bonds is 7. The van der Waals surface area contributed by atoms with E-state index < -0.39 is 21.7 Å². The first-order valence-corrected chi connectivity index (χ1v) is 12.4. The van der Waals surface area contributed by atoms with Gasteiger partial charge in [0.1, 0.15) is 17.6 Å². The summed E-state index contributed by atoms with van der Waals surface area (Å²) >= 11 is 0. The monoisotopic (exact) mass is 469 g/mol. The highest BCUT2D eigenvalue weighted by Gasteiger charge is 2.32. The van der Waals surface area contributed by atoms with Crippen molar-refractivity contribution < 1.29 is 22.3 Å². The number of halogens is 1. The highest BCUT2D eigenvalue weighted by Crippen LogP contribution is 2.24. The lowest BCUT2D eigenvalue weighted by molar-refractivity contribution is -0.126. The molecule has 0 radical (unpaired) electrons. The van der Waals surface area contributed by atoms with Crippen molar-refractivity contribution in [2.24, 2.45) is 0 Å². The van der Waals surface area contributed by atoms with E-state index in [9.17, 15) is 17.6 Å². The maximum Gasteiger partial charge on any atom is 0.242 e. The number of hydrogen-bond donors (Lipinski definition) is 1. The molecule has 0 aliphatic carbocycles. The van der Waals surface area contributed by atoms with Gasteiger partial charge in [-0.1, -0.05) is 42.5 Å². The van der Waals surface area contributed by atoms with E-state index >= 15 is 0 Å². The molecule has 0 saturated carbocycles. The minimum Gasteiger partial charge on any atom is -0.439 e. The summed E-state index contributed by atoms with van der Waals surface area (Å²) in [7, 11) is -3.06. The molecule has 1 aliphatic heterocycles. The third-order valence-corrected chi connectivity index (χ3v) is 7.00. The fourth-order valence-electron chi connectivity index (χ4n) is 3.66. The van der Waals surface area contributed by atoms with Crippen molar-refractivity contribution in [3.8, 4) is 11.6 Å². The first-order valence-electron chi connectivity index (χ1n) is 10.6. The molecule has 2 heterocycles. The SMILES string of the molecule is O=C(NCc1ccc(Oc2cccc(F)c2)nc1)C(c1ccccc1)N1CCS(=O)(=O)CC1. The number of amides is 1. The number of ether oxygens (including phenoxy) is 1. The molecule has 1 aromatic heterocycles. The van der Waals surface area contributed by atoms with Crippen molar-refractivity contribution in [3.05, 3.63) is 89.9 Å². The average Bonchev–Trinajstić information content (AvgIpc) is 2.81. The van der Waals surface area contributed by atoms with Gasteiger partial charge in [0.25, 0.3) is 0 Å². The molecule has 7 nitrogen and oxygen atoms in total. The average molecular weight is 470 g/mol. The molecule has 1 saturated heterocycles. The van der Waals surface area contributed by atoms with Gasteiger partial charge in [0, 0.05) is 38.0 Å². The van der Waals surface area contributed by atoms with Crippen molar-refractivity contribution in [1.29, 1.82) is 0 Å². The molecule has 2 aromatic carbocycles. The minimum absolute atomic E-state index is 0.0420. The summed E-state index contributed by atoms with van der Waals surface area (Å²) in [4.78, 5) is 19.3. The van der Waals surface area contributed by atoms with Crippen molar-refractivity contribution in [1.82, 2.24) is 15.2 Å². The zero-order valence-electron chi connectivity index (χ0n) is 17.9. The first-order chi connectivity index (χ1) is 15.9. The summed E-state index contributed by atoms with van der Waals surface area (Å²) < 4.78 is 42.5. The van der Waals surface area contributed by atoms with Gasteiger partial charge in [-0.25, -0.2) is 17.8 Å². The summed E-state index contributed by atoms with van der Waals surface area (Å²) in [6, 6.07) is 18.0. The highest BCUT2D eigenvalue weighted by atomic mass is 32.2. The summed E-state index contributed by atoms with van der Waals surface area (Å²) in [5.41, 5.74) is 1.58. The van der Waals surface area contributed by atoms with Crippen LogP contribution in [0.2, 0.25) is 0 Å². The number of sulfone groups is 1. The topological polar surface area (TPSA) is 88.6 Å². The Labute approximate surface area is 192 Å². The van der Waals surface area contributed by atoms with E-state index in [1.807, 2.05) is 35.2 Å². The molecule has 172 valence electrons. The van der Waals surface area contributed by atoms with Gasteiger partial charge < -0.3 is 10.1 Å². The van der Waals surface area contributed by atoms with Gasteiger partial charge in [0.2, 0.25) is 11.8 Å². The second kappa shape index (κ2) is 10.1. The molecular weight excluding hydrogens is 445 g/mol. The second-order valence-corrected chi connectivity index (χ2v) is 10.1. The summed E-state index contributed by atoms with van der Waals surface area (Å²) in [5, 5.41) is 2.93. The van der Waals surface area contributed by atoms with Crippen LogP contribution in [0.1, 0.15) is 17.2 Å². The Morgan fingerprint density at radius 1 is 1.06 bits per heavy atom. The number of nitrogens with one attached hydrogen (secondary N) is 1. The van der Waals surface area contributed by atoms with Crippen LogP contribution in [0.25, 0.3) is 0 Å². The van der Waals surface area contributed by atoms with Crippen LogP contribution >= 0.6 is 0 Å². The Morgan fingerprint density at radius 2 is 1.82 bits per heavy atom. The Balaban J connectivity index is 1.41. The smallest absolute Gasteiger partial charge is 0.242 e. The van der Waals surface area contributed by atoms with Crippen LogP contribution in [0.5, 0.6) is 11.6 Å². The normalized spacial score (nSPS) is 16.6. The Hall–Kier alpha value is -3.30. The van der Waals surface area contributed by atoms with Crippen LogP contribution < -0.4 is 10.1 Å². The van der Waals surface area contributed by atoms with E-state index in [0.29, 0.717) is 24.7 Å². The van der Waals surface area contributed by atoms with Gasteiger partial charge in [-0.3, -0.25) is 9.69 Å². The number of benzene rings is 2. The summed E-state index contributed by atoms with van der Waals surface area (Å²) in [6.45, 7) is 0.869. The van der Waals surface area contributed by atoms with Gasteiger partial charge in [0.05, 0.1) is 11.5 Å². The number of pyridine rings is 1. The molecule has 33 heavy (non-hydrogen) atoms. The van der Waals surface area contributed by atoms with Crippen LogP contribution in [0, 0.1) is 5.82 Å². The summed E-state index contributed by atoms with van der Waals surface area (Å²) in [5.74, 6) is 0.137. The molecular formula is C24H24FN3O4S. The molecule has 0 bridgehead atoms. The number of carbonyl (C=O) groups excluding carboxylic acids is 1. The first kappa shape index (κ1) is 22.9. The number of aromatic nitrogens is 1.